The van der Waals surface area contributed by atoms with Crippen LogP contribution in [0, 0.1) is 11.8 Å². The van der Waals surface area contributed by atoms with Crippen molar-refractivity contribution in [3.8, 4) is 11.8 Å². The Bertz CT molecular complexity index is 388. The van der Waals surface area contributed by atoms with Crippen LogP contribution in [0.25, 0.3) is 0 Å². The highest BCUT2D eigenvalue weighted by Gasteiger charge is 2.24. The van der Waals surface area contributed by atoms with Crippen molar-refractivity contribution in [1.29, 1.82) is 0 Å². The zero-order valence-electron chi connectivity index (χ0n) is 10.0. The Morgan fingerprint density at radius 3 is 2.56 bits per heavy atom. The highest BCUT2D eigenvalue weighted by molar-refractivity contribution is 9.11. The average molecular weight is 281 g/mol. The number of amidine groups is 1. The maximum atomic E-state index is 4.52. The van der Waals surface area contributed by atoms with Gasteiger partial charge in [-0.2, -0.15) is 0 Å². The largest absolute Gasteiger partial charge is 0.308 e. The normalized spacial score (nSPS) is 16.1. The highest BCUT2D eigenvalue weighted by atomic mass is 79.9. The lowest BCUT2D eigenvalue weighted by Gasteiger charge is -2.24. The molecule has 0 heterocycles. The van der Waals surface area contributed by atoms with Gasteiger partial charge in [-0.05, 0) is 36.2 Å². The van der Waals surface area contributed by atoms with E-state index >= 15 is 0 Å². The molecule has 0 saturated heterocycles. The fourth-order valence-electron chi connectivity index (χ4n) is 1.40. The Hall–Kier alpha value is -1.01. The first kappa shape index (κ1) is 13.1. The highest BCUT2D eigenvalue weighted by Crippen LogP contribution is 2.22. The van der Waals surface area contributed by atoms with Crippen molar-refractivity contribution in [2.24, 2.45) is 4.99 Å². The van der Waals surface area contributed by atoms with Crippen molar-refractivity contribution >= 4 is 21.8 Å². The third-order valence-corrected chi connectivity index (χ3v) is 3.23. The number of halogens is 1. The van der Waals surface area contributed by atoms with Gasteiger partial charge in [0, 0.05) is 16.7 Å². The second-order valence-corrected chi connectivity index (χ2v) is 4.48. The van der Waals surface area contributed by atoms with Gasteiger partial charge >= 0.3 is 0 Å². The second-order valence-electron chi connectivity index (χ2n) is 3.63. The minimum atomic E-state index is 0.146. The average Bonchev–Trinajstić information content (AvgIpc) is 3.09. The lowest BCUT2D eigenvalue weighted by molar-refractivity contribution is 0.530. The summed E-state index contributed by atoms with van der Waals surface area (Å²) in [5.41, 5.74) is 1.09. The van der Waals surface area contributed by atoms with Crippen LogP contribution in [0.1, 0.15) is 27.2 Å². The van der Waals surface area contributed by atoms with Crippen LogP contribution in [0.3, 0.4) is 0 Å². The summed E-state index contributed by atoms with van der Waals surface area (Å²) in [6, 6.07) is 0.146. The van der Waals surface area contributed by atoms with E-state index in [1.165, 1.54) is 0 Å². The molecule has 0 bridgehead atoms. The van der Waals surface area contributed by atoms with E-state index in [9.17, 15) is 0 Å². The van der Waals surface area contributed by atoms with Gasteiger partial charge in [0.2, 0.25) is 0 Å². The minimum Gasteiger partial charge on any atom is -0.308 e. The standard InChI is InChI=1S/C13H17BrN2/c1-5-9-15-11(4)16(12-7-8-12)10(3)13(14)6-2/h6,12H,2,5,9H2,1,3-4H3/b13-10+,15-11?. The minimum absolute atomic E-state index is 0.146. The molecule has 0 unspecified atom stereocenters. The molecule has 0 saturated carbocycles. The van der Waals surface area contributed by atoms with Crippen LogP contribution in [-0.4, -0.2) is 23.3 Å². The molecule has 0 spiro atoms. The summed E-state index contributed by atoms with van der Waals surface area (Å²) >= 11 is 3.48. The van der Waals surface area contributed by atoms with Gasteiger partial charge in [0.05, 0.1) is 0 Å². The van der Waals surface area contributed by atoms with Crippen LogP contribution in [-0.2, 0) is 0 Å². The van der Waals surface area contributed by atoms with Gasteiger partial charge in [0.1, 0.15) is 5.84 Å². The summed E-state index contributed by atoms with van der Waals surface area (Å²) in [5, 5.41) is 0. The van der Waals surface area contributed by atoms with Gasteiger partial charge in [0.15, 0.2) is 6.04 Å². The molecule has 0 fully saturated rings. The maximum absolute atomic E-state index is 4.52. The van der Waals surface area contributed by atoms with Crippen molar-refractivity contribution in [3.05, 3.63) is 22.8 Å². The molecule has 1 aliphatic rings. The van der Waals surface area contributed by atoms with E-state index in [2.05, 4.69) is 51.2 Å². The lowest BCUT2D eigenvalue weighted by Crippen LogP contribution is -2.32. The van der Waals surface area contributed by atoms with E-state index in [4.69, 9.17) is 0 Å². The Morgan fingerprint density at radius 1 is 1.50 bits per heavy atom. The van der Waals surface area contributed by atoms with Crippen molar-refractivity contribution in [1.82, 2.24) is 4.90 Å². The van der Waals surface area contributed by atoms with E-state index in [0.29, 0.717) is 0 Å². The molecule has 0 atom stereocenters. The predicted molar refractivity (Wildman–Crippen MR) is 73.5 cm³/mol. The molecule has 1 rings (SSSR count). The van der Waals surface area contributed by atoms with Crippen molar-refractivity contribution < 1.29 is 0 Å². The fraction of sp³-hybridized carbons (Fsp3) is 0.462. The molecule has 0 aromatic heterocycles. The Kier molecular flexibility index (Phi) is 4.82. The lowest BCUT2D eigenvalue weighted by atomic mass is 10.3. The predicted octanol–water partition coefficient (Wildman–Crippen LogP) is 3.31. The number of aliphatic imine (C=N–C) groups is 1. The van der Waals surface area contributed by atoms with Crippen LogP contribution >= 0.6 is 15.9 Å². The monoisotopic (exact) mass is 280 g/mol. The summed E-state index contributed by atoms with van der Waals surface area (Å²) in [6.45, 7) is 10.8. The molecule has 86 valence electrons. The summed E-state index contributed by atoms with van der Waals surface area (Å²) in [6.07, 6.45) is 2.85. The molecule has 1 aliphatic carbocycles. The quantitative estimate of drug-likeness (QED) is 0.327. The molecule has 3 heteroatoms. The number of nitrogens with zero attached hydrogens (tertiary/aromatic N) is 2. The van der Waals surface area contributed by atoms with Gasteiger partial charge in [-0.15, -0.1) is 0 Å². The fourth-order valence-corrected chi connectivity index (χ4v) is 1.59. The maximum Gasteiger partial charge on any atom is 0.157 e. The molecule has 0 aliphatic heterocycles. The number of hydrogen-bond acceptors (Lipinski definition) is 1. The zero-order valence-corrected chi connectivity index (χ0v) is 11.6. The van der Waals surface area contributed by atoms with E-state index in [1.807, 2.05) is 13.8 Å². The summed E-state index contributed by atoms with van der Waals surface area (Å²) in [7, 11) is 0. The smallest absolute Gasteiger partial charge is 0.157 e. The Balaban J connectivity index is 2.87. The number of hydrogen-bond donors (Lipinski definition) is 0. The third-order valence-electron chi connectivity index (χ3n) is 2.33. The van der Waals surface area contributed by atoms with E-state index < -0.39 is 0 Å². The van der Waals surface area contributed by atoms with E-state index in [0.717, 1.165) is 29.0 Å². The van der Waals surface area contributed by atoms with Gasteiger partial charge in [-0.25, -0.2) is 0 Å². The molecule has 2 nitrogen and oxygen atoms in total. The topological polar surface area (TPSA) is 15.6 Å². The van der Waals surface area contributed by atoms with Crippen molar-refractivity contribution in [2.75, 3.05) is 6.54 Å². The van der Waals surface area contributed by atoms with Crippen LogP contribution in [0.4, 0.5) is 0 Å². The summed E-state index contributed by atoms with van der Waals surface area (Å²) in [5.74, 6) is 7.12. The first-order chi connectivity index (χ1) is 7.61. The first-order valence-electron chi connectivity index (χ1n) is 5.42. The van der Waals surface area contributed by atoms with Gasteiger partial charge in [-0.1, -0.05) is 31.4 Å². The molecule has 0 amide bonds. The second kappa shape index (κ2) is 5.91. The molecule has 16 heavy (non-hydrogen) atoms. The summed E-state index contributed by atoms with van der Waals surface area (Å²) in [4.78, 5) is 6.63. The SMILES string of the molecule is C=C/C(Br)=C(/C)N(C(C)=NCCC)C1C#C1. The van der Waals surface area contributed by atoms with E-state index in [1.54, 1.807) is 6.08 Å². The van der Waals surface area contributed by atoms with Crippen LogP contribution in [0.5, 0.6) is 0 Å². The van der Waals surface area contributed by atoms with Gasteiger partial charge in [0.25, 0.3) is 0 Å². The number of allylic oxidation sites excluding steroid dienone is 3. The first-order valence-corrected chi connectivity index (χ1v) is 6.21. The third kappa shape index (κ3) is 3.24. The van der Waals surface area contributed by atoms with Crippen molar-refractivity contribution in [3.63, 3.8) is 0 Å². The van der Waals surface area contributed by atoms with Crippen LogP contribution in [0.2, 0.25) is 0 Å². The zero-order chi connectivity index (χ0) is 12.1. The Morgan fingerprint density at radius 2 is 2.12 bits per heavy atom. The van der Waals surface area contributed by atoms with E-state index in [-0.39, 0.29) is 6.04 Å². The van der Waals surface area contributed by atoms with Crippen LogP contribution < -0.4 is 0 Å². The molecule has 0 radical (unpaired) electrons. The molecule has 0 aromatic rings. The van der Waals surface area contributed by atoms with Crippen LogP contribution in [0.15, 0.2) is 27.8 Å². The van der Waals surface area contributed by atoms with Gasteiger partial charge in [-0.3, -0.25) is 4.99 Å². The van der Waals surface area contributed by atoms with Gasteiger partial charge < -0.3 is 4.90 Å². The molecular weight excluding hydrogens is 264 g/mol. The summed E-state index contributed by atoms with van der Waals surface area (Å²) < 4.78 is 0.981. The molecule has 0 N–H and O–H groups in total. The molecular formula is C13H17BrN2. The van der Waals surface area contributed by atoms with Crippen molar-refractivity contribution in [2.45, 2.75) is 33.2 Å². The molecule has 0 aromatic carbocycles. The Labute approximate surface area is 106 Å². The number of rotatable bonds is 5.